The summed E-state index contributed by atoms with van der Waals surface area (Å²) < 4.78 is 0. The molecule has 2 nitrogen and oxygen atoms in total. The smallest absolute Gasteiger partial charge is 0.145 e. The van der Waals surface area contributed by atoms with Crippen LogP contribution < -0.4 is 0 Å². The van der Waals surface area contributed by atoms with Gasteiger partial charge in [-0.2, -0.15) is 0 Å². The van der Waals surface area contributed by atoms with Gasteiger partial charge in [0.15, 0.2) is 0 Å². The molecule has 0 bridgehead atoms. The van der Waals surface area contributed by atoms with Gasteiger partial charge in [-0.25, -0.2) is 0 Å². The molecule has 0 aliphatic rings. The quantitative estimate of drug-likeness (QED) is 0.257. The zero-order valence-corrected chi connectivity index (χ0v) is 15.0. The van der Waals surface area contributed by atoms with Crippen LogP contribution in [0.3, 0.4) is 0 Å². The summed E-state index contributed by atoms with van der Waals surface area (Å²) in [6.45, 7) is 0. The second kappa shape index (κ2) is 5.75. The lowest BCUT2D eigenvalue weighted by atomic mass is 10.0. The first-order valence-corrected chi connectivity index (χ1v) is 8.56. The Hall–Kier alpha value is -1.58. The molecule has 0 amide bonds. The van der Waals surface area contributed by atoms with Gasteiger partial charge in [0.25, 0.3) is 0 Å². The van der Waals surface area contributed by atoms with Gasteiger partial charge < -0.3 is 10.1 Å². The number of phenolic OH excluding ortho intramolecular Hbond substituents is 1. The molecule has 0 fully saturated rings. The molecule has 4 rings (SSSR count). The van der Waals surface area contributed by atoms with Gasteiger partial charge in [-0.05, 0) is 23.8 Å². The Morgan fingerprint density at radius 2 is 1.38 bits per heavy atom. The SMILES string of the molecule is Oc1c(Cl)c(Cl)c(Cl)c(Cl)c1-c1ccc2[nH]c3ccccc3c2c1. The highest BCUT2D eigenvalue weighted by Gasteiger charge is 2.21. The number of phenols is 1. The standard InChI is InChI=1S/C18H9Cl4NO/c19-14-13(18(24)17(22)16(21)15(14)20)8-5-6-12-10(7-8)9-3-1-2-4-11(9)23-12/h1-7,23-24H. The third-order valence-electron chi connectivity index (χ3n) is 4.04. The minimum atomic E-state index is -0.185. The predicted octanol–water partition coefficient (Wildman–Crippen LogP) is 7.31. The molecule has 120 valence electrons. The number of hydrogen-bond acceptors (Lipinski definition) is 1. The molecule has 3 aromatic carbocycles. The van der Waals surface area contributed by atoms with Gasteiger partial charge in [0.1, 0.15) is 10.8 Å². The summed E-state index contributed by atoms with van der Waals surface area (Å²) in [7, 11) is 0. The molecule has 1 heterocycles. The van der Waals surface area contributed by atoms with Gasteiger partial charge >= 0.3 is 0 Å². The van der Waals surface area contributed by atoms with Crippen LogP contribution in [0.1, 0.15) is 0 Å². The predicted molar refractivity (Wildman–Crippen MR) is 103 cm³/mol. The fourth-order valence-corrected chi connectivity index (χ4v) is 3.84. The summed E-state index contributed by atoms with van der Waals surface area (Å²) in [6.07, 6.45) is 0. The number of aromatic nitrogens is 1. The van der Waals surface area contributed by atoms with E-state index in [2.05, 4.69) is 4.98 Å². The molecule has 0 aliphatic carbocycles. The zero-order chi connectivity index (χ0) is 17.0. The van der Waals surface area contributed by atoms with Crippen molar-refractivity contribution in [2.75, 3.05) is 0 Å². The molecule has 0 saturated carbocycles. The lowest BCUT2D eigenvalue weighted by Crippen LogP contribution is -1.86. The fourth-order valence-electron chi connectivity index (χ4n) is 2.89. The van der Waals surface area contributed by atoms with E-state index in [1.54, 1.807) is 0 Å². The van der Waals surface area contributed by atoms with Gasteiger partial charge in [0.2, 0.25) is 0 Å². The fraction of sp³-hybridized carbons (Fsp3) is 0. The highest BCUT2D eigenvalue weighted by Crippen LogP contribution is 2.49. The maximum atomic E-state index is 10.4. The minimum Gasteiger partial charge on any atom is -0.506 e. The van der Waals surface area contributed by atoms with Gasteiger partial charge in [0, 0.05) is 27.4 Å². The van der Waals surface area contributed by atoms with Crippen molar-refractivity contribution in [2.45, 2.75) is 0 Å². The monoisotopic (exact) mass is 395 g/mol. The Morgan fingerprint density at radius 1 is 0.708 bits per heavy atom. The number of benzene rings is 3. The van der Waals surface area contributed by atoms with E-state index >= 15 is 0 Å². The first-order chi connectivity index (χ1) is 11.5. The number of rotatable bonds is 1. The van der Waals surface area contributed by atoms with E-state index in [0.29, 0.717) is 11.1 Å². The van der Waals surface area contributed by atoms with Crippen LogP contribution in [0.15, 0.2) is 42.5 Å². The van der Waals surface area contributed by atoms with Gasteiger partial charge in [-0.15, -0.1) is 0 Å². The summed E-state index contributed by atoms with van der Waals surface area (Å²) in [5, 5.41) is 12.8. The normalized spacial score (nSPS) is 11.5. The van der Waals surface area contributed by atoms with Crippen molar-refractivity contribution in [2.24, 2.45) is 0 Å². The van der Waals surface area contributed by atoms with Crippen LogP contribution in [-0.4, -0.2) is 10.1 Å². The Kier molecular flexibility index (Phi) is 3.81. The molecule has 1 aromatic heterocycles. The topological polar surface area (TPSA) is 36.0 Å². The third kappa shape index (κ3) is 2.26. The number of fused-ring (bicyclic) bond motifs is 3. The van der Waals surface area contributed by atoms with E-state index in [9.17, 15) is 5.11 Å². The first-order valence-electron chi connectivity index (χ1n) is 7.04. The van der Waals surface area contributed by atoms with Crippen LogP contribution in [-0.2, 0) is 0 Å². The van der Waals surface area contributed by atoms with Crippen molar-refractivity contribution in [3.05, 3.63) is 62.6 Å². The van der Waals surface area contributed by atoms with Crippen LogP contribution in [0, 0.1) is 0 Å². The first kappa shape index (κ1) is 15.9. The van der Waals surface area contributed by atoms with E-state index in [-0.39, 0.29) is 25.8 Å². The van der Waals surface area contributed by atoms with Crippen molar-refractivity contribution in [3.8, 4) is 16.9 Å². The summed E-state index contributed by atoms with van der Waals surface area (Å²) in [5.74, 6) is -0.185. The number of H-pyrrole nitrogens is 1. The van der Waals surface area contributed by atoms with Crippen LogP contribution in [0.5, 0.6) is 5.75 Å². The molecule has 0 unspecified atom stereocenters. The Bertz CT molecular complexity index is 1090. The van der Waals surface area contributed by atoms with E-state index in [0.717, 1.165) is 21.8 Å². The highest BCUT2D eigenvalue weighted by atomic mass is 35.5. The molecular weight excluding hydrogens is 388 g/mol. The average molecular weight is 397 g/mol. The molecule has 4 aromatic rings. The molecule has 0 aliphatic heterocycles. The van der Waals surface area contributed by atoms with Crippen LogP contribution >= 0.6 is 46.4 Å². The average Bonchev–Trinajstić information content (AvgIpc) is 2.96. The Labute approximate surface area is 157 Å². The third-order valence-corrected chi connectivity index (χ3v) is 5.83. The van der Waals surface area contributed by atoms with Crippen molar-refractivity contribution in [1.82, 2.24) is 4.98 Å². The molecule has 0 spiro atoms. The van der Waals surface area contributed by atoms with Crippen LogP contribution in [0.25, 0.3) is 32.9 Å². The van der Waals surface area contributed by atoms with E-state index < -0.39 is 0 Å². The van der Waals surface area contributed by atoms with Gasteiger partial charge in [-0.1, -0.05) is 70.7 Å². The summed E-state index contributed by atoms with van der Waals surface area (Å²) in [5.41, 5.74) is 3.09. The Balaban J connectivity index is 2.06. The second-order valence-corrected chi connectivity index (χ2v) is 6.92. The van der Waals surface area contributed by atoms with Crippen LogP contribution in [0.4, 0.5) is 0 Å². The Morgan fingerprint density at radius 3 is 2.17 bits per heavy atom. The second-order valence-electron chi connectivity index (χ2n) is 5.41. The molecule has 0 atom stereocenters. The largest absolute Gasteiger partial charge is 0.506 e. The molecule has 0 saturated heterocycles. The highest BCUT2D eigenvalue weighted by molar-refractivity contribution is 6.53. The maximum absolute atomic E-state index is 10.4. The summed E-state index contributed by atoms with van der Waals surface area (Å²) in [4.78, 5) is 3.35. The number of hydrogen-bond donors (Lipinski definition) is 2. The number of nitrogens with one attached hydrogen (secondary N) is 1. The molecule has 24 heavy (non-hydrogen) atoms. The molecule has 0 radical (unpaired) electrons. The number of aromatic hydroxyl groups is 1. The lowest BCUT2D eigenvalue weighted by Gasteiger charge is -2.13. The number of halogens is 4. The maximum Gasteiger partial charge on any atom is 0.145 e. The van der Waals surface area contributed by atoms with Crippen molar-refractivity contribution >= 4 is 68.2 Å². The number of aromatic amines is 1. The van der Waals surface area contributed by atoms with Crippen molar-refractivity contribution < 1.29 is 5.11 Å². The van der Waals surface area contributed by atoms with Crippen LogP contribution in [0.2, 0.25) is 20.1 Å². The van der Waals surface area contributed by atoms with Gasteiger partial charge in [0.05, 0.1) is 15.1 Å². The zero-order valence-electron chi connectivity index (χ0n) is 12.0. The van der Waals surface area contributed by atoms with Crippen molar-refractivity contribution in [3.63, 3.8) is 0 Å². The molecular formula is C18H9Cl4NO. The summed E-state index contributed by atoms with van der Waals surface area (Å²) in [6, 6.07) is 13.7. The van der Waals surface area contributed by atoms with Gasteiger partial charge in [-0.3, -0.25) is 0 Å². The summed E-state index contributed by atoms with van der Waals surface area (Å²) >= 11 is 24.5. The lowest BCUT2D eigenvalue weighted by molar-refractivity contribution is 0.477. The van der Waals surface area contributed by atoms with E-state index in [1.807, 2.05) is 42.5 Å². The van der Waals surface area contributed by atoms with Crippen molar-refractivity contribution in [1.29, 1.82) is 0 Å². The van der Waals surface area contributed by atoms with E-state index in [1.165, 1.54) is 0 Å². The molecule has 2 N–H and O–H groups in total. The molecule has 6 heteroatoms. The minimum absolute atomic E-state index is 0.0138. The number of para-hydroxylation sites is 1. The van der Waals surface area contributed by atoms with E-state index in [4.69, 9.17) is 46.4 Å².